The number of nitrogen functional groups attached to an aromatic ring is 1. The summed E-state index contributed by atoms with van der Waals surface area (Å²) in [5.41, 5.74) is 1.35. The Bertz CT molecular complexity index is 664. The quantitative estimate of drug-likeness (QED) is 0.617. The Morgan fingerprint density at radius 3 is 1.91 bits per heavy atom. The number of alkyl halides is 6. The van der Waals surface area contributed by atoms with Gasteiger partial charge in [0.05, 0.1) is 5.56 Å². The van der Waals surface area contributed by atoms with E-state index < -0.39 is 34.9 Å². The minimum absolute atomic E-state index is 0.0354. The largest absolute Gasteiger partial charge is 0.457 e. The van der Waals surface area contributed by atoms with Crippen LogP contribution in [0.25, 0.3) is 0 Å². The van der Waals surface area contributed by atoms with Crippen LogP contribution < -0.4 is 10.5 Å². The van der Waals surface area contributed by atoms with Gasteiger partial charge in [0.25, 0.3) is 0 Å². The number of para-hydroxylation sites is 1. The fourth-order valence-electron chi connectivity index (χ4n) is 1.80. The summed E-state index contributed by atoms with van der Waals surface area (Å²) in [5, 5.41) is 0. The molecule has 0 saturated carbocycles. The molecule has 0 unspecified atom stereocenters. The van der Waals surface area contributed by atoms with E-state index in [0.29, 0.717) is 0 Å². The topological polar surface area (TPSA) is 35.2 Å². The molecule has 0 amide bonds. The molecule has 2 aromatic rings. The van der Waals surface area contributed by atoms with Gasteiger partial charge in [0.1, 0.15) is 17.1 Å². The van der Waals surface area contributed by atoms with Gasteiger partial charge >= 0.3 is 12.4 Å². The van der Waals surface area contributed by atoms with Gasteiger partial charge in [-0.1, -0.05) is 18.2 Å². The van der Waals surface area contributed by atoms with Crippen molar-refractivity contribution in [2.75, 3.05) is 5.73 Å². The molecule has 2 rings (SSSR count). The van der Waals surface area contributed by atoms with Crippen LogP contribution in [0.1, 0.15) is 11.1 Å². The molecule has 0 aromatic heterocycles. The molecule has 118 valence electrons. The third-order valence-corrected chi connectivity index (χ3v) is 2.71. The van der Waals surface area contributed by atoms with Crippen molar-refractivity contribution in [2.45, 2.75) is 12.4 Å². The number of hydrogen-bond donors (Lipinski definition) is 1. The molecule has 2 N–H and O–H groups in total. The first-order valence-electron chi connectivity index (χ1n) is 5.90. The van der Waals surface area contributed by atoms with Crippen molar-refractivity contribution in [2.24, 2.45) is 0 Å². The van der Waals surface area contributed by atoms with E-state index in [0.717, 1.165) is 0 Å². The Morgan fingerprint density at radius 1 is 0.818 bits per heavy atom. The van der Waals surface area contributed by atoms with E-state index in [1.54, 1.807) is 6.07 Å². The van der Waals surface area contributed by atoms with E-state index in [-0.39, 0.29) is 17.9 Å². The lowest BCUT2D eigenvalue weighted by Gasteiger charge is -2.18. The maximum Gasteiger partial charge on any atom is 0.421 e. The van der Waals surface area contributed by atoms with Crippen LogP contribution in [0.2, 0.25) is 0 Å². The number of benzene rings is 2. The van der Waals surface area contributed by atoms with Crippen molar-refractivity contribution in [1.29, 1.82) is 0 Å². The maximum absolute atomic E-state index is 13.0. The van der Waals surface area contributed by atoms with E-state index >= 15 is 0 Å². The number of ether oxygens (including phenoxy) is 1. The van der Waals surface area contributed by atoms with E-state index in [2.05, 4.69) is 0 Å². The third kappa shape index (κ3) is 3.44. The van der Waals surface area contributed by atoms with Crippen molar-refractivity contribution in [3.8, 4) is 11.5 Å². The second-order valence-electron chi connectivity index (χ2n) is 4.35. The Labute approximate surface area is 121 Å². The van der Waals surface area contributed by atoms with Gasteiger partial charge < -0.3 is 10.5 Å². The van der Waals surface area contributed by atoms with Crippen LogP contribution in [0.5, 0.6) is 11.5 Å². The van der Waals surface area contributed by atoms with Crippen LogP contribution in [0.15, 0.2) is 42.5 Å². The summed E-state index contributed by atoms with van der Waals surface area (Å²) in [6.07, 6.45) is -9.79. The van der Waals surface area contributed by atoms with E-state index in [1.807, 2.05) is 0 Å². The Kier molecular flexibility index (Phi) is 3.95. The second-order valence-corrected chi connectivity index (χ2v) is 4.35. The molecule has 0 fully saturated rings. The minimum atomic E-state index is -4.95. The van der Waals surface area contributed by atoms with Crippen molar-refractivity contribution in [3.63, 3.8) is 0 Å². The molecule has 8 heteroatoms. The van der Waals surface area contributed by atoms with Gasteiger partial charge in [0.15, 0.2) is 0 Å². The van der Waals surface area contributed by atoms with Crippen LogP contribution in [0.3, 0.4) is 0 Å². The standard InChI is InChI=1S/C14H9F6NO/c15-13(16,17)8-6-10(21)12(14(18,19)20)11(7-8)22-9-4-2-1-3-5-9/h1-7H,21H2. The molecule has 2 nitrogen and oxygen atoms in total. The fourth-order valence-corrected chi connectivity index (χ4v) is 1.80. The van der Waals surface area contributed by atoms with Gasteiger partial charge in [-0.3, -0.25) is 0 Å². The number of rotatable bonds is 2. The highest BCUT2D eigenvalue weighted by atomic mass is 19.4. The lowest BCUT2D eigenvalue weighted by molar-refractivity contribution is -0.141. The Balaban J connectivity index is 2.59. The van der Waals surface area contributed by atoms with Gasteiger partial charge in [-0.25, -0.2) is 0 Å². The van der Waals surface area contributed by atoms with Crippen molar-refractivity contribution in [1.82, 2.24) is 0 Å². The fraction of sp³-hybridized carbons (Fsp3) is 0.143. The zero-order valence-corrected chi connectivity index (χ0v) is 10.8. The van der Waals surface area contributed by atoms with E-state index in [4.69, 9.17) is 10.5 Å². The first-order chi connectivity index (χ1) is 10.1. The van der Waals surface area contributed by atoms with Crippen LogP contribution in [0.4, 0.5) is 32.0 Å². The van der Waals surface area contributed by atoms with Gasteiger partial charge in [-0.05, 0) is 24.3 Å². The normalized spacial score (nSPS) is 12.3. The van der Waals surface area contributed by atoms with Gasteiger partial charge in [0, 0.05) is 5.69 Å². The Morgan fingerprint density at radius 2 is 1.41 bits per heavy atom. The highest BCUT2D eigenvalue weighted by molar-refractivity contribution is 5.59. The van der Waals surface area contributed by atoms with Gasteiger partial charge in [-0.2, -0.15) is 26.3 Å². The second kappa shape index (κ2) is 5.43. The molecular weight excluding hydrogens is 312 g/mol. The monoisotopic (exact) mass is 321 g/mol. The van der Waals surface area contributed by atoms with Crippen LogP contribution in [-0.2, 0) is 12.4 Å². The molecule has 0 saturated heterocycles. The molecule has 0 aliphatic rings. The zero-order valence-electron chi connectivity index (χ0n) is 10.8. The summed E-state index contributed by atoms with van der Waals surface area (Å²) in [6, 6.07) is 7.68. The summed E-state index contributed by atoms with van der Waals surface area (Å²) in [5.74, 6) is -1.03. The molecular formula is C14H9F6NO. The van der Waals surface area contributed by atoms with Gasteiger partial charge in [0.2, 0.25) is 0 Å². The SMILES string of the molecule is Nc1cc(C(F)(F)F)cc(Oc2ccccc2)c1C(F)(F)F. The molecule has 0 bridgehead atoms. The molecule has 0 radical (unpaired) electrons. The van der Waals surface area contributed by atoms with Crippen LogP contribution >= 0.6 is 0 Å². The first-order valence-corrected chi connectivity index (χ1v) is 5.90. The van der Waals surface area contributed by atoms with Crippen molar-refractivity contribution < 1.29 is 31.1 Å². The zero-order chi connectivity index (χ0) is 16.5. The predicted molar refractivity (Wildman–Crippen MR) is 67.4 cm³/mol. The predicted octanol–water partition coefficient (Wildman–Crippen LogP) is 5.10. The lowest BCUT2D eigenvalue weighted by Crippen LogP contribution is -2.14. The van der Waals surface area contributed by atoms with Gasteiger partial charge in [-0.15, -0.1) is 0 Å². The molecule has 0 aliphatic heterocycles. The van der Waals surface area contributed by atoms with Crippen molar-refractivity contribution >= 4 is 5.69 Å². The summed E-state index contributed by atoms with van der Waals surface area (Å²) in [4.78, 5) is 0. The van der Waals surface area contributed by atoms with E-state index in [1.165, 1.54) is 24.3 Å². The molecule has 0 atom stereocenters. The minimum Gasteiger partial charge on any atom is -0.457 e. The molecule has 0 spiro atoms. The summed E-state index contributed by atoms with van der Waals surface area (Å²) in [6.45, 7) is 0. The van der Waals surface area contributed by atoms with E-state index in [9.17, 15) is 26.3 Å². The number of hydrogen-bond acceptors (Lipinski definition) is 2. The average Bonchev–Trinajstić information content (AvgIpc) is 2.36. The Hall–Kier alpha value is -2.38. The molecule has 2 aromatic carbocycles. The summed E-state index contributed by atoms with van der Waals surface area (Å²) >= 11 is 0. The van der Waals surface area contributed by atoms with Crippen LogP contribution in [0, 0.1) is 0 Å². The lowest BCUT2D eigenvalue weighted by atomic mass is 10.1. The first kappa shape index (κ1) is 16.0. The average molecular weight is 321 g/mol. The summed E-state index contributed by atoms with van der Waals surface area (Å²) in [7, 11) is 0. The van der Waals surface area contributed by atoms with Crippen molar-refractivity contribution in [3.05, 3.63) is 53.6 Å². The smallest absolute Gasteiger partial charge is 0.421 e. The third-order valence-electron chi connectivity index (χ3n) is 2.71. The maximum atomic E-state index is 13.0. The molecule has 0 heterocycles. The molecule has 0 aliphatic carbocycles. The van der Waals surface area contributed by atoms with Crippen LogP contribution in [-0.4, -0.2) is 0 Å². The molecule has 22 heavy (non-hydrogen) atoms. The number of halogens is 6. The highest BCUT2D eigenvalue weighted by Crippen LogP contribution is 2.45. The summed E-state index contributed by atoms with van der Waals surface area (Å²) < 4.78 is 82.1. The highest BCUT2D eigenvalue weighted by Gasteiger charge is 2.40. The number of nitrogens with two attached hydrogens (primary N) is 1. The number of anilines is 1.